The Morgan fingerprint density at radius 1 is 1.23 bits per heavy atom. The van der Waals surface area contributed by atoms with E-state index in [1.165, 1.54) is 11.5 Å². The number of thioether (sulfide) groups is 2. The van der Waals surface area contributed by atoms with E-state index in [-0.39, 0.29) is 0 Å². The molecule has 0 saturated carbocycles. The van der Waals surface area contributed by atoms with Crippen LogP contribution in [0.15, 0.2) is 0 Å². The van der Waals surface area contributed by atoms with E-state index in [0.29, 0.717) is 6.04 Å². The van der Waals surface area contributed by atoms with Crippen LogP contribution in [0.5, 0.6) is 0 Å². The molecule has 1 aliphatic rings. The van der Waals surface area contributed by atoms with Crippen molar-refractivity contribution in [2.45, 2.75) is 37.3 Å². The van der Waals surface area contributed by atoms with Crippen molar-refractivity contribution < 1.29 is 0 Å². The molecule has 3 unspecified atom stereocenters. The molecule has 0 bridgehead atoms. The minimum atomic E-state index is 0.674. The van der Waals surface area contributed by atoms with E-state index >= 15 is 0 Å². The lowest BCUT2D eigenvalue weighted by molar-refractivity contribution is 0.411. The number of rotatable bonds is 3. The van der Waals surface area contributed by atoms with Gasteiger partial charge in [0.2, 0.25) is 0 Å². The molecule has 0 aromatic rings. The summed E-state index contributed by atoms with van der Waals surface area (Å²) in [5.41, 5.74) is 0. The molecule has 1 nitrogen and oxygen atoms in total. The molecule has 13 heavy (non-hydrogen) atoms. The Hall–Kier alpha value is 0.660. The van der Waals surface area contributed by atoms with Crippen molar-refractivity contribution >= 4 is 23.5 Å². The quantitative estimate of drug-likeness (QED) is 0.783. The second-order valence-electron chi connectivity index (χ2n) is 3.97. The third kappa shape index (κ3) is 3.07. The minimum Gasteiger partial charge on any atom is -0.316 e. The zero-order chi connectivity index (χ0) is 9.84. The zero-order valence-corrected chi connectivity index (χ0v) is 10.7. The maximum absolute atomic E-state index is 3.47. The highest BCUT2D eigenvalue weighted by atomic mass is 32.2. The number of nitrogens with one attached hydrogen (secondary N) is 1. The minimum absolute atomic E-state index is 0.674. The fourth-order valence-corrected chi connectivity index (χ4v) is 5.09. The molecule has 0 aromatic heterocycles. The Bertz CT molecular complexity index is 150. The van der Waals surface area contributed by atoms with Crippen molar-refractivity contribution in [3.05, 3.63) is 0 Å². The first-order chi connectivity index (χ1) is 6.16. The predicted octanol–water partition coefficient (Wildman–Crippen LogP) is 2.47. The second-order valence-corrected chi connectivity index (χ2v) is 6.74. The molecule has 1 fully saturated rings. The Labute approximate surface area is 90.8 Å². The van der Waals surface area contributed by atoms with E-state index in [1.807, 2.05) is 0 Å². The van der Waals surface area contributed by atoms with Gasteiger partial charge in [-0.2, -0.15) is 23.5 Å². The normalized spacial score (nSPS) is 32.1. The SMILES string of the molecule is CNC(C(C)C)C1SCCSC1C. The molecule has 0 aliphatic carbocycles. The average molecular weight is 219 g/mol. The maximum atomic E-state index is 3.47. The zero-order valence-electron chi connectivity index (χ0n) is 9.04. The standard InChI is InChI=1S/C10H21NS2/c1-7(2)9(11-4)10-8(3)12-5-6-13-10/h7-11H,5-6H2,1-4H3. The van der Waals surface area contributed by atoms with Crippen molar-refractivity contribution in [1.82, 2.24) is 5.32 Å². The Balaban J connectivity index is 2.55. The highest BCUT2D eigenvalue weighted by molar-refractivity contribution is 8.07. The first-order valence-electron chi connectivity index (χ1n) is 5.07. The molecule has 0 aromatic carbocycles. The van der Waals surface area contributed by atoms with Crippen molar-refractivity contribution in [2.24, 2.45) is 5.92 Å². The predicted molar refractivity (Wildman–Crippen MR) is 65.9 cm³/mol. The van der Waals surface area contributed by atoms with Gasteiger partial charge in [0.05, 0.1) is 0 Å². The van der Waals surface area contributed by atoms with E-state index in [0.717, 1.165) is 16.4 Å². The lowest BCUT2D eigenvalue weighted by atomic mass is 9.99. The average Bonchev–Trinajstić information content (AvgIpc) is 2.09. The monoisotopic (exact) mass is 219 g/mol. The summed E-state index contributed by atoms with van der Waals surface area (Å²) in [6, 6.07) is 0.674. The van der Waals surface area contributed by atoms with Gasteiger partial charge >= 0.3 is 0 Å². The molecular weight excluding hydrogens is 198 g/mol. The van der Waals surface area contributed by atoms with Crippen LogP contribution in [0.25, 0.3) is 0 Å². The van der Waals surface area contributed by atoms with Gasteiger partial charge in [-0.15, -0.1) is 0 Å². The highest BCUT2D eigenvalue weighted by Gasteiger charge is 2.30. The van der Waals surface area contributed by atoms with Crippen LogP contribution in [0, 0.1) is 5.92 Å². The van der Waals surface area contributed by atoms with Crippen LogP contribution >= 0.6 is 23.5 Å². The van der Waals surface area contributed by atoms with Crippen molar-refractivity contribution in [2.75, 3.05) is 18.6 Å². The molecule has 1 saturated heterocycles. The third-order valence-electron chi connectivity index (χ3n) is 2.64. The van der Waals surface area contributed by atoms with Gasteiger partial charge in [0.1, 0.15) is 0 Å². The molecule has 0 spiro atoms. The largest absolute Gasteiger partial charge is 0.316 e. The summed E-state index contributed by atoms with van der Waals surface area (Å²) in [7, 11) is 2.09. The first kappa shape index (κ1) is 11.7. The maximum Gasteiger partial charge on any atom is 0.0319 e. The fourth-order valence-electron chi connectivity index (χ4n) is 1.92. The van der Waals surface area contributed by atoms with Crippen LogP contribution in [0.2, 0.25) is 0 Å². The summed E-state index contributed by atoms with van der Waals surface area (Å²) < 4.78 is 0. The van der Waals surface area contributed by atoms with Gasteiger partial charge in [-0.05, 0) is 13.0 Å². The van der Waals surface area contributed by atoms with Crippen LogP contribution in [0.3, 0.4) is 0 Å². The van der Waals surface area contributed by atoms with Crippen molar-refractivity contribution in [3.8, 4) is 0 Å². The Morgan fingerprint density at radius 3 is 2.31 bits per heavy atom. The summed E-state index contributed by atoms with van der Waals surface area (Å²) >= 11 is 4.28. The lowest BCUT2D eigenvalue weighted by Crippen LogP contribution is -2.45. The Kier molecular flexibility index (Phi) is 4.98. The molecule has 78 valence electrons. The smallest absolute Gasteiger partial charge is 0.0319 e. The summed E-state index contributed by atoms with van der Waals surface area (Å²) in [6.07, 6.45) is 0. The van der Waals surface area contributed by atoms with E-state index in [4.69, 9.17) is 0 Å². The van der Waals surface area contributed by atoms with Gasteiger partial charge in [0, 0.05) is 28.0 Å². The summed E-state index contributed by atoms with van der Waals surface area (Å²) in [5.74, 6) is 3.39. The van der Waals surface area contributed by atoms with E-state index < -0.39 is 0 Å². The fraction of sp³-hybridized carbons (Fsp3) is 1.00. The van der Waals surface area contributed by atoms with Crippen LogP contribution in [-0.2, 0) is 0 Å². The van der Waals surface area contributed by atoms with Gasteiger partial charge in [-0.3, -0.25) is 0 Å². The van der Waals surface area contributed by atoms with Gasteiger partial charge in [0.25, 0.3) is 0 Å². The van der Waals surface area contributed by atoms with Crippen LogP contribution in [0.4, 0.5) is 0 Å². The third-order valence-corrected chi connectivity index (χ3v) is 5.86. The van der Waals surface area contributed by atoms with Crippen LogP contribution in [0.1, 0.15) is 20.8 Å². The lowest BCUT2D eigenvalue weighted by Gasteiger charge is -2.36. The summed E-state index contributed by atoms with van der Waals surface area (Å²) in [4.78, 5) is 0. The summed E-state index contributed by atoms with van der Waals surface area (Å²) in [5, 5.41) is 5.07. The molecule has 1 rings (SSSR count). The second kappa shape index (κ2) is 5.52. The highest BCUT2D eigenvalue weighted by Crippen LogP contribution is 2.34. The van der Waals surface area contributed by atoms with Gasteiger partial charge in [-0.25, -0.2) is 0 Å². The molecule has 1 heterocycles. The topological polar surface area (TPSA) is 12.0 Å². The Morgan fingerprint density at radius 2 is 1.85 bits per heavy atom. The molecule has 0 radical (unpaired) electrons. The molecule has 3 heteroatoms. The molecule has 3 atom stereocenters. The van der Waals surface area contributed by atoms with Crippen molar-refractivity contribution in [1.29, 1.82) is 0 Å². The number of hydrogen-bond acceptors (Lipinski definition) is 3. The summed E-state index contributed by atoms with van der Waals surface area (Å²) in [6.45, 7) is 7.00. The first-order valence-corrected chi connectivity index (χ1v) is 7.17. The molecule has 1 N–H and O–H groups in total. The van der Waals surface area contributed by atoms with Crippen LogP contribution < -0.4 is 5.32 Å². The van der Waals surface area contributed by atoms with E-state index in [9.17, 15) is 0 Å². The number of hydrogen-bond donors (Lipinski definition) is 1. The molecule has 0 amide bonds. The molecule has 1 aliphatic heterocycles. The molecular formula is C10H21NS2. The van der Waals surface area contributed by atoms with Gasteiger partial charge in [-0.1, -0.05) is 20.8 Å². The van der Waals surface area contributed by atoms with Crippen molar-refractivity contribution in [3.63, 3.8) is 0 Å². The van der Waals surface area contributed by atoms with Gasteiger partial charge < -0.3 is 5.32 Å². The van der Waals surface area contributed by atoms with Gasteiger partial charge in [0.15, 0.2) is 0 Å². The van der Waals surface area contributed by atoms with Crippen LogP contribution in [-0.4, -0.2) is 35.1 Å². The van der Waals surface area contributed by atoms with E-state index in [1.54, 1.807) is 0 Å². The van der Waals surface area contributed by atoms with E-state index in [2.05, 4.69) is 56.7 Å².